The average molecular weight is 745 g/mol. The summed E-state index contributed by atoms with van der Waals surface area (Å²) in [6, 6.07) is 5.93. The Hall–Kier alpha value is -4.89. The molecule has 2 saturated heterocycles. The van der Waals surface area contributed by atoms with Gasteiger partial charge < -0.3 is 30.5 Å². The Morgan fingerprint density at radius 1 is 0.906 bits per heavy atom. The SMILES string of the molecule is CC(=O)N[C@H](C(=O)N1CCC[C@H]1C(=O)Cc1cn2cc(-c3ccc(-c4cnc([C@@H]5CCCN5C(=O)[C@@H](NC(=O)CO)C(C)C)[nH]4)cc3)sc2n1)C(C)C. The molecule has 3 aromatic heterocycles. The molecule has 282 valence electrons. The van der Waals surface area contributed by atoms with E-state index in [1.165, 1.54) is 18.3 Å². The fraction of sp³-hybridized carbons (Fsp3) is 0.500. The number of ketones is 1. The standard InChI is InChI=1S/C38H48N8O6S/c1-21(2)33(40-23(5)48)36(51)45-14-6-8-28(45)30(49)16-26-18-44-19-31(53-38(44)41-26)25-12-10-24(11-13-25)27-17-39-35(42-27)29-9-7-15-46(29)37(52)34(22(3)4)43-32(50)20-47/h10-13,17-19,21-22,28-29,33-34,47H,6-9,14-16,20H2,1-5H3,(H,39,42)(H,40,48)(H,43,50)/t28-,29-,33-,34-/m0/s1. The Morgan fingerprint density at radius 3 is 2.21 bits per heavy atom. The van der Waals surface area contributed by atoms with Gasteiger partial charge >= 0.3 is 0 Å². The molecule has 4 atom stereocenters. The summed E-state index contributed by atoms with van der Waals surface area (Å²) >= 11 is 1.52. The number of carbonyl (C=O) groups is 5. The van der Waals surface area contributed by atoms with E-state index in [4.69, 9.17) is 4.98 Å². The third kappa shape index (κ3) is 8.20. The summed E-state index contributed by atoms with van der Waals surface area (Å²) in [4.78, 5) is 81.8. The van der Waals surface area contributed by atoms with Gasteiger partial charge in [0.1, 0.15) is 24.5 Å². The highest BCUT2D eigenvalue weighted by atomic mass is 32.1. The second-order valence-corrected chi connectivity index (χ2v) is 15.7. The molecule has 0 spiro atoms. The van der Waals surface area contributed by atoms with Gasteiger partial charge in [-0.1, -0.05) is 63.3 Å². The number of aromatic nitrogens is 4. The lowest BCUT2D eigenvalue weighted by Gasteiger charge is -2.30. The van der Waals surface area contributed by atoms with E-state index in [9.17, 15) is 29.1 Å². The van der Waals surface area contributed by atoms with Crippen molar-refractivity contribution in [2.75, 3.05) is 19.7 Å². The number of hydrogen-bond donors (Lipinski definition) is 4. The summed E-state index contributed by atoms with van der Waals surface area (Å²) in [5, 5.41) is 14.6. The van der Waals surface area contributed by atoms with Gasteiger partial charge in [0, 0.05) is 32.4 Å². The maximum absolute atomic E-state index is 13.5. The van der Waals surface area contributed by atoms with Gasteiger partial charge in [-0.2, -0.15) is 0 Å². The lowest BCUT2D eigenvalue weighted by Crippen LogP contribution is -2.53. The fourth-order valence-corrected chi connectivity index (χ4v) is 8.32. The second kappa shape index (κ2) is 16.0. The minimum atomic E-state index is -0.730. The lowest BCUT2D eigenvalue weighted by molar-refractivity contribution is -0.141. The molecule has 2 aliphatic heterocycles. The van der Waals surface area contributed by atoms with Gasteiger partial charge in [0.25, 0.3) is 0 Å². The van der Waals surface area contributed by atoms with Crippen LogP contribution in [0.25, 0.3) is 26.7 Å². The molecule has 14 nitrogen and oxygen atoms in total. The van der Waals surface area contributed by atoms with E-state index in [0.717, 1.165) is 45.9 Å². The highest BCUT2D eigenvalue weighted by Crippen LogP contribution is 2.34. The van der Waals surface area contributed by atoms with Crippen LogP contribution in [0.15, 0.2) is 42.9 Å². The maximum atomic E-state index is 13.5. The average Bonchev–Trinajstić information content (AvgIpc) is 3.96. The van der Waals surface area contributed by atoms with Gasteiger partial charge in [-0.3, -0.25) is 28.4 Å². The van der Waals surface area contributed by atoms with Gasteiger partial charge in [0.15, 0.2) is 10.7 Å². The summed E-state index contributed by atoms with van der Waals surface area (Å²) in [6.07, 6.45) is 8.67. The van der Waals surface area contributed by atoms with Crippen LogP contribution in [0.2, 0.25) is 0 Å². The number of thiazole rings is 1. The summed E-state index contributed by atoms with van der Waals surface area (Å²) < 4.78 is 1.93. The molecular weight excluding hydrogens is 697 g/mol. The minimum absolute atomic E-state index is 0.0525. The molecule has 0 unspecified atom stereocenters. The first-order chi connectivity index (χ1) is 25.3. The van der Waals surface area contributed by atoms with Gasteiger partial charge in [-0.05, 0) is 48.6 Å². The molecule has 15 heteroatoms. The van der Waals surface area contributed by atoms with Crippen LogP contribution in [-0.4, -0.2) is 101 Å². The van der Waals surface area contributed by atoms with Crippen molar-refractivity contribution in [1.29, 1.82) is 0 Å². The predicted molar refractivity (Wildman–Crippen MR) is 200 cm³/mol. The highest BCUT2D eigenvalue weighted by molar-refractivity contribution is 7.20. The molecular formula is C38H48N8O6S. The summed E-state index contributed by atoms with van der Waals surface area (Å²) in [6.45, 7) is 9.28. The number of nitrogens with zero attached hydrogens (tertiary/aromatic N) is 5. The Bertz CT molecular complexity index is 1950. The minimum Gasteiger partial charge on any atom is -0.387 e. The van der Waals surface area contributed by atoms with Crippen LogP contribution in [0.3, 0.4) is 0 Å². The first-order valence-corrected chi connectivity index (χ1v) is 19.1. The molecule has 6 rings (SSSR count). The number of likely N-dealkylation sites (tertiary alicyclic amines) is 2. The Labute approximate surface area is 312 Å². The zero-order valence-corrected chi connectivity index (χ0v) is 31.6. The number of aromatic amines is 1. The molecule has 2 fully saturated rings. The molecule has 0 saturated carbocycles. The first-order valence-electron chi connectivity index (χ1n) is 18.3. The van der Waals surface area contributed by atoms with Crippen LogP contribution >= 0.6 is 11.3 Å². The Kier molecular flexibility index (Phi) is 11.4. The van der Waals surface area contributed by atoms with Crippen LogP contribution in [-0.2, 0) is 30.4 Å². The van der Waals surface area contributed by atoms with Gasteiger partial charge in [0.2, 0.25) is 23.6 Å². The predicted octanol–water partition coefficient (Wildman–Crippen LogP) is 3.51. The third-order valence-corrected chi connectivity index (χ3v) is 11.1. The topological polar surface area (TPSA) is 182 Å². The van der Waals surface area contributed by atoms with Crippen LogP contribution in [0.5, 0.6) is 0 Å². The van der Waals surface area contributed by atoms with Gasteiger partial charge in [0.05, 0.1) is 41.0 Å². The van der Waals surface area contributed by atoms with Crippen LogP contribution in [0.4, 0.5) is 0 Å². The number of nitrogens with one attached hydrogen (secondary N) is 3. The van der Waals surface area contributed by atoms with Crippen molar-refractivity contribution in [3.63, 3.8) is 0 Å². The second-order valence-electron chi connectivity index (χ2n) is 14.7. The van der Waals surface area contributed by atoms with Crippen molar-refractivity contribution in [3.05, 3.63) is 54.4 Å². The van der Waals surface area contributed by atoms with Crippen molar-refractivity contribution < 1.29 is 29.1 Å². The number of carbonyl (C=O) groups excluding carboxylic acids is 5. The van der Waals surface area contributed by atoms with Crippen LogP contribution in [0, 0.1) is 11.8 Å². The van der Waals surface area contributed by atoms with E-state index in [1.807, 2.05) is 68.8 Å². The van der Waals surface area contributed by atoms with E-state index in [0.29, 0.717) is 31.0 Å². The van der Waals surface area contributed by atoms with Crippen LogP contribution in [0.1, 0.15) is 77.9 Å². The monoisotopic (exact) mass is 744 g/mol. The molecule has 0 aliphatic carbocycles. The zero-order chi connectivity index (χ0) is 38.0. The molecule has 0 radical (unpaired) electrons. The number of amides is 4. The number of benzene rings is 1. The van der Waals surface area contributed by atoms with E-state index >= 15 is 0 Å². The third-order valence-electron chi connectivity index (χ3n) is 10.1. The van der Waals surface area contributed by atoms with E-state index in [1.54, 1.807) is 16.0 Å². The number of aliphatic hydroxyl groups is 1. The lowest BCUT2D eigenvalue weighted by atomic mass is 10.0. The number of Topliss-reactive ketones (excluding diaryl/α,β-unsaturated/α-hetero) is 1. The number of hydrogen-bond acceptors (Lipinski definition) is 9. The van der Waals surface area contributed by atoms with Crippen molar-refractivity contribution >= 4 is 45.7 Å². The highest BCUT2D eigenvalue weighted by Gasteiger charge is 2.39. The summed E-state index contributed by atoms with van der Waals surface area (Å²) in [5.74, 6) is -0.842. The van der Waals surface area contributed by atoms with Gasteiger partial charge in [-0.15, -0.1) is 0 Å². The van der Waals surface area contributed by atoms with Crippen molar-refractivity contribution in [1.82, 2.24) is 39.8 Å². The Balaban J connectivity index is 1.10. The fourth-order valence-electron chi connectivity index (χ4n) is 7.33. The van der Waals surface area contributed by atoms with Crippen molar-refractivity contribution in [3.8, 4) is 21.7 Å². The zero-order valence-electron chi connectivity index (χ0n) is 30.8. The number of rotatable bonds is 13. The number of H-pyrrole nitrogens is 1. The van der Waals surface area contributed by atoms with E-state index in [2.05, 4.69) is 20.6 Å². The Morgan fingerprint density at radius 2 is 1.55 bits per heavy atom. The summed E-state index contributed by atoms with van der Waals surface area (Å²) in [5.41, 5.74) is 3.43. The number of imidazole rings is 2. The molecule has 4 N–H and O–H groups in total. The normalized spacial score (nSPS) is 18.6. The molecule has 1 aromatic carbocycles. The summed E-state index contributed by atoms with van der Waals surface area (Å²) in [7, 11) is 0. The number of aliphatic hydroxyl groups excluding tert-OH is 1. The van der Waals surface area contributed by atoms with E-state index in [-0.39, 0.29) is 47.8 Å². The molecule has 2 aliphatic rings. The first kappa shape index (κ1) is 37.9. The van der Waals surface area contributed by atoms with Crippen molar-refractivity contribution in [2.24, 2.45) is 11.8 Å². The van der Waals surface area contributed by atoms with Gasteiger partial charge in [-0.25, -0.2) is 9.97 Å². The maximum Gasteiger partial charge on any atom is 0.246 e. The molecule has 53 heavy (non-hydrogen) atoms. The molecule has 0 bridgehead atoms. The molecule has 4 amide bonds. The smallest absolute Gasteiger partial charge is 0.246 e. The van der Waals surface area contributed by atoms with Crippen molar-refractivity contribution in [2.45, 2.75) is 90.9 Å². The number of fused-ring (bicyclic) bond motifs is 1. The molecule has 4 aromatic rings. The molecule has 5 heterocycles. The van der Waals surface area contributed by atoms with E-state index < -0.39 is 30.6 Å². The largest absolute Gasteiger partial charge is 0.387 e. The van der Waals surface area contributed by atoms with Crippen LogP contribution < -0.4 is 10.6 Å². The quantitative estimate of drug-likeness (QED) is 0.161.